The molecule has 2 aromatic rings. The average Bonchev–Trinajstić information content (AvgIpc) is 3.18. The summed E-state index contributed by atoms with van der Waals surface area (Å²) < 4.78 is 19.3. The highest BCUT2D eigenvalue weighted by Gasteiger charge is 2.33. The SMILES string of the molecule is CCC(=O)N(CC(=O)N1CCc2sccc2C1COc1cccc(F)c1)C(C)C. The van der Waals surface area contributed by atoms with Crippen LogP contribution >= 0.6 is 11.3 Å². The number of thiophene rings is 1. The molecule has 0 N–H and O–H groups in total. The fourth-order valence-electron chi connectivity index (χ4n) is 3.60. The van der Waals surface area contributed by atoms with Crippen LogP contribution in [0.2, 0.25) is 0 Å². The zero-order valence-corrected chi connectivity index (χ0v) is 17.9. The Morgan fingerprint density at radius 1 is 1.34 bits per heavy atom. The molecule has 3 rings (SSSR count). The second-order valence-electron chi connectivity index (χ2n) is 7.39. The van der Waals surface area contributed by atoms with Gasteiger partial charge in [0.15, 0.2) is 0 Å². The van der Waals surface area contributed by atoms with Crippen molar-refractivity contribution in [2.75, 3.05) is 19.7 Å². The van der Waals surface area contributed by atoms with E-state index in [-0.39, 0.29) is 42.9 Å². The molecular weight excluding hydrogens is 391 g/mol. The van der Waals surface area contributed by atoms with Crippen LogP contribution < -0.4 is 4.74 Å². The third-order valence-electron chi connectivity index (χ3n) is 5.17. The Morgan fingerprint density at radius 3 is 2.83 bits per heavy atom. The van der Waals surface area contributed by atoms with Crippen LogP contribution in [0.3, 0.4) is 0 Å². The highest BCUT2D eigenvalue weighted by atomic mass is 32.1. The summed E-state index contributed by atoms with van der Waals surface area (Å²) in [5, 5.41) is 2.02. The summed E-state index contributed by atoms with van der Waals surface area (Å²) in [5.41, 5.74) is 1.07. The first-order valence-electron chi connectivity index (χ1n) is 9.94. The van der Waals surface area contributed by atoms with Gasteiger partial charge in [0.25, 0.3) is 0 Å². The van der Waals surface area contributed by atoms with Crippen molar-refractivity contribution in [1.29, 1.82) is 0 Å². The van der Waals surface area contributed by atoms with Crippen LogP contribution in [0.1, 0.15) is 43.7 Å². The Morgan fingerprint density at radius 2 is 2.14 bits per heavy atom. The Labute approximate surface area is 175 Å². The molecule has 1 atom stereocenters. The molecule has 0 saturated heterocycles. The van der Waals surface area contributed by atoms with Gasteiger partial charge in [-0.3, -0.25) is 9.59 Å². The molecule has 2 amide bonds. The number of benzene rings is 1. The van der Waals surface area contributed by atoms with Gasteiger partial charge in [-0.05, 0) is 49.4 Å². The molecule has 2 heterocycles. The maximum absolute atomic E-state index is 13.5. The minimum atomic E-state index is -0.360. The predicted octanol–water partition coefficient (Wildman–Crippen LogP) is 4.04. The van der Waals surface area contributed by atoms with Crippen LogP contribution in [0.5, 0.6) is 5.75 Å². The van der Waals surface area contributed by atoms with E-state index < -0.39 is 0 Å². The van der Waals surface area contributed by atoms with Crippen LogP contribution in [-0.4, -0.2) is 47.4 Å². The second kappa shape index (κ2) is 9.39. The third-order valence-corrected chi connectivity index (χ3v) is 6.17. The van der Waals surface area contributed by atoms with Crippen LogP contribution in [0.4, 0.5) is 4.39 Å². The highest BCUT2D eigenvalue weighted by Crippen LogP contribution is 2.34. The molecule has 1 aromatic carbocycles. The lowest BCUT2D eigenvalue weighted by molar-refractivity contribution is -0.144. The maximum atomic E-state index is 13.5. The molecule has 1 aliphatic heterocycles. The number of hydrogen-bond donors (Lipinski definition) is 0. The Hall–Kier alpha value is -2.41. The summed E-state index contributed by atoms with van der Waals surface area (Å²) >= 11 is 1.68. The normalized spacial score (nSPS) is 15.9. The Bertz CT molecular complexity index is 867. The first-order chi connectivity index (χ1) is 13.9. The van der Waals surface area contributed by atoms with Crippen LogP contribution in [0.25, 0.3) is 0 Å². The van der Waals surface area contributed by atoms with E-state index in [4.69, 9.17) is 4.74 Å². The fraction of sp³-hybridized carbons (Fsp3) is 0.455. The lowest BCUT2D eigenvalue weighted by Gasteiger charge is -2.37. The molecule has 1 aromatic heterocycles. The molecule has 1 unspecified atom stereocenters. The Balaban J connectivity index is 1.78. The number of amides is 2. The number of nitrogens with zero attached hydrogens (tertiary/aromatic N) is 2. The first kappa shape index (κ1) is 21.3. The molecule has 0 spiro atoms. The first-order valence-corrected chi connectivity index (χ1v) is 10.8. The average molecular weight is 419 g/mol. The van der Waals surface area contributed by atoms with E-state index in [1.807, 2.05) is 25.3 Å². The summed E-state index contributed by atoms with van der Waals surface area (Å²) in [6, 6.07) is 7.72. The second-order valence-corrected chi connectivity index (χ2v) is 8.39. The van der Waals surface area contributed by atoms with Gasteiger partial charge in [-0.2, -0.15) is 0 Å². The van der Waals surface area contributed by atoms with Crippen LogP contribution in [0.15, 0.2) is 35.7 Å². The molecule has 0 saturated carbocycles. The van der Waals surface area contributed by atoms with E-state index in [1.165, 1.54) is 17.0 Å². The molecule has 1 aliphatic rings. The quantitative estimate of drug-likeness (QED) is 0.682. The third kappa shape index (κ3) is 4.96. The molecular formula is C22H27FN2O3S. The summed E-state index contributed by atoms with van der Waals surface area (Å²) in [7, 11) is 0. The van der Waals surface area contributed by atoms with Crippen LogP contribution in [-0.2, 0) is 16.0 Å². The van der Waals surface area contributed by atoms with Gasteiger partial charge in [0.05, 0.1) is 12.6 Å². The summed E-state index contributed by atoms with van der Waals surface area (Å²) in [6.07, 6.45) is 1.16. The highest BCUT2D eigenvalue weighted by molar-refractivity contribution is 7.10. The van der Waals surface area contributed by atoms with Crippen molar-refractivity contribution < 1.29 is 18.7 Å². The zero-order valence-electron chi connectivity index (χ0n) is 17.1. The van der Waals surface area contributed by atoms with Gasteiger partial charge in [0.1, 0.15) is 18.2 Å². The molecule has 0 radical (unpaired) electrons. The van der Waals surface area contributed by atoms with Gasteiger partial charge in [0.2, 0.25) is 11.8 Å². The summed E-state index contributed by atoms with van der Waals surface area (Å²) in [4.78, 5) is 30.1. The summed E-state index contributed by atoms with van der Waals surface area (Å²) in [6.45, 7) is 6.51. The van der Waals surface area contributed by atoms with E-state index >= 15 is 0 Å². The van der Waals surface area contributed by atoms with Gasteiger partial charge in [-0.15, -0.1) is 11.3 Å². The smallest absolute Gasteiger partial charge is 0.242 e. The Kier molecular flexibility index (Phi) is 6.90. The lowest BCUT2D eigenvalue weighted by atomic mass is 10.00. The van der Waals surface area contributed by atoms with E-state index in [0.717, 1.165) is 12.0 Å². The molecule has 0 fully saturated rings. The summed E-state index contributed by atoms with van der Waals surface area (Å²) in [5.74, 6) is -0.0509. The van der Waals surface area contributed by atoms with Crippen molar-refractivity contribution in [3.63, 3.8) is 0 Å². The number of ether oxygens (including phenoxy) is 1. The number of hydrogen-bond acceptors (Lipinski definition) is 4. The van der Waals surface area contributed by atoms with Gasteiger partial charge < -0.3 is 14.5 Å². The monoisotopic (exact) mass is 418 g/mol. The largest absolute Gasteiger partial charge is 0.491 e. The molecule has 156 valence electrons. The zero-order chi connectivity index (χ0) is 21.0. The molecule has 0 aliphatic carbocycles. The van der Waals surface area contributed by atoms with E-state index in [0.29, 0.717) is 18.7 Å². The van der Waals surface area contributed by atoms with Gasteiger partial charge in [0, 0.05) is 30.0 Å². The number of rotatable bonds is 7. The van der Waals surface area contributed by atoms with Gasteiger partial charge in [-0.25, -0.2) is 4.39 Å². The number of fused-ring (bicyclic) bond motifs is 1. The van der Waals surface area contributed by atoms with Crippen LogP contribution in [0, 0.1) is 5.82 Å². The van der Waals surface area contributed by atoms with Gasteiger partial charge in [-0.1, -0.05) is 13.0 Å². The molecule has 7 heteroatoms. The fourth-order valence-corrected chi connectivity index (χ4v) is 4.53. The maximum Gasteiger partial charge on any atom is 0.242 e. The molecule has 0 bridgehead atoms. The van der Waals surface area contributed by atoms with Crippen molar-refractivity contribution in [3.05, 3.63) is 52.0 Å². The molecule has 5 nitrogen and oxygen atoms in total. The topological polar surface area (TPSA) is 49.9 Å². The number of carbonyl (C=O) groups excluding carboxylic acids is 2. The predicted molar refractivity (Wildman–Crippen MR) is 112 cm³/mol. The van der Waals surface area contributed by atoms with E-state index in [1.54, 1.807) is 40.2 Å². The minimum Gasteiger partial charge on any atom is -0.491 e. The van der Waals surface area contributed by atoms with Crippen molar-refractivity contribution in [2.24, 2.45) is 0 Å². The number of halogens is 1. The standard InChI is InChI=1S/C22H27FN2O3S/c1-4-21(26)25(15(2)3)13-22(27)24-10-8-20-18(9-11-29-20)19(24)14-28-17-7-5-6-16(23)12-17/h5-7,9,11-12,15,19H,4,8,10,13-14H2,1-3H3. The van der Waals surface area contributed by atoms with Crippen molar-refractivity contribution >= 4 is 23.2 Å². The van der Waals surface area contributed by atoms with Crippen molar-refractivity contribution in [3.8, 4) is 5.75 Å². The number of carbonyl (C=O) groups is 2. The molecule has 29 heavy (non-hydrogen) atoms. The van der Waals surface area contributed by atoms with E-state index in [2.05, 4.69) is 0 Å². The minimum absolute atomic E-state index is 0.0332. The van der Waals surface area contributed by atoms with Gasteiger partial charge >= 0.3 is 0 Å². The van der Waals surface area contributed by atoms with E-state index in [9.17, 15) is 14.0 Å². The van der Waals surface area contributed by atoms with Crippen molar-refractivity contribution in [1.82, 2.24) is 9.80 Å². The lowest BCUT2D eigenvalue weighted by Crippen LogP contribution is -2.49. The van der Waals surface area contributed by atoms with Crippen molar-refractivity contribution in [2.45, 2.75) is 45.7 Å².